The highest BCUT2D eigenvalue weighted by molar-refractivity contribution is 8.00. The summed E-state index contributed by atoms with van der Waals surface area (Å²) >= 11 is 2.04. The molecule has 0 aliphatic carbocycles. The second-order valence-electron chi connectivity index (χ2n) is 4.64. The molecule has 0 saturated heterocycles. The predicted molar refractivity (Wildman–Crippen MR) is 71.8 cm³/mol. The number of hydrogen-bond acceptors (Lipinski definition) is 1. The molecule has 1 unspecified atom stereocenters. The first kappa shape index (κ1) is 12.6. The van der Waals surface area contributed by atoms with Gasteiger partial charge in [0.15, 0.2) is 0 Å². The Balaban J connectivity index is 3.03. The smallest absolute Gasteiger partial charge is 0.0276 e. The summed E-state index contributed by atoms with van der Waals surface area (Å²) < 4.78 is 0. The molecule has 0 spiro atoms. The van der Waals surface area contributed by atoms with Crippen molar-refractivity contribution in [2.45, 2.75) is 52.0 Å². The van der Waals surface area contributed by atoms with Crippen molar-refractivity contribution in [3.05, 3.63) is 34.4 Å². The fourth-order valence-corrected chi connectivity index (χ4v) is 3.63. The maximum atomic E-state index is 2.31. The second-order valence-corrected chi connectivity index (χ2v) is 6.56. The number of benzene rings is 1. The third kappa shape index (κ3) is 3.27. The van der Waals surface area contributed by atoms with Gasteiger partial charge in [-0.3, -0.25) is 0 Å². The standard InChI is InChI=1S/C14H22S/c1-9(2)15-13(6)14-11(4)7-10(3)8-12(14)5/h7-9,13H,1-6H3. The second kappa shape index (κ2) is 5.07. The molecule has 0 N–H and O–H groups in total. The average Bonchev–Trinajstić information content (AvgIpc) is 1.99. The maximum absolute atomic E-state index is 2.31. The van der Waals surface area contributed by atoms with Gasteiger partial charge >= 0.3 is 0 Å². The Hall–Kier alpha value is -0.430. The number of thioether (sulfide) groups is 1. The van der Waals surface area contributed by atoms with Crippen molar-refractivity contribution in [2.75, 3.05) is 0 Å². The highest BCUT2D eigenvalue weighted by Gasteiger charge is 2.13. The normalized spacial score (nSPS) is 13.3. The van der Waals surface area contributed by atoms with E-state index >= 15 is 0 Å². The van der Waals surface area contributed by atoms with Crippen molar-refractivity contribution >= 4 is 11.8 Å². The lowest BCUT2D eigenvalue weighted by Crippen LogP contribution is -2.00. The SMILES string of the molecule is Cc1cc(C)c(C(C)SC(C)C)c(C)c1. The molecule has 0 heterocycles. The van der Waals surface area contributed by atoms with Crippen LogP contribution < -0.4 is 0 Å². The maximum Gasteiger partial charge on any atom is 0.0276 e. The van der Waals surface area contributed by atoms with Crippen molar-refractivity contribution in [3.63, 3.8) is 0 Å². The van der Waals surface area contributed by atoms with Gasteiger partial charge in [-0.25, -0.2) is 0 Å². The summed E-state index contributed by atoms with van der Waals surface area (Å²) in [5.41, 5.74) is 5.77. The Bertz CT molecular complexity index is 316. The quantitative estimate of drug-likeness (QED) is 0.707. The van der Waals surface area contributed by atoms with Crippen molar-refractivity contribution in [3.8, 4) is 0 Å². The number of rotatable bonds is 3. The Kier molecular flexibility index (Phi) is 4.27. The molecule has 0 aromatic heterocycles. The third-order valence-corrected chi connectivity index (χ3v) is 3.81. The molecule has 1 rings (SSSR count). The summed E-state index contributed by atoms with van der Waals surface area (Å²) in [5, 5.41) is 1.30. The largest absolute Gasteiger partial charge is 0.151 e. The zero-order valence-electron chi connectivity index (χ0n) is 10.7. The van der Waals surface area contributed by atoms with E-state index in [0.29, 0.717) is 10.5 Å². The zero-order chi connectivity index (χ0) is 11.6. The van der Waals surface area contributed by atoms with E-state index in [1.807, 2.05) is 11.8 Å². The van der Waals surface area contributed by atoms with Crippen molar-refractivity contribution in [2.24, 2.45) is 0 Å². The molecule has 84 valence electrons. The lowest BCUT2D eigenvalue weighted by atomic mass is 9.98. The molecule has 0 aliphatic heterocycles. The first-order valence-electron chi connectivity index (χ1n) is 5.65. The van der Waals surface area contributed by atoms with Gasteiger partial charge in [-0.05, 0) is 49.6 Å². The zero-order valence-corrected chi connectivity index (χ0v) is 11.5. The van der Waals surface area contributed by atoms with Crippen molar-refractivity contribution < 1.29 is 0 Å². The van der Waals surface area contributed by atoms with Gasteiger partial charge in [-0.15, -0.1) is 0 Å². The molecule has 1 aromatic rings. The predicted octanol–water partition coefficient (Wildman–Crippen LogP) is 4.81. The first-order chi connectivity index (χ1) is 6.91. The fraction of sp³-hybridized carbons (Fsp3) is 0.571. The molecule has 0 radical (unpaired) electrons. The first-order valence-corrected chi connectivity index (χ1v) is 6.59. The van der Waals surface area contributed by atoms with Crippen LogP contribution >= 0.6 is 11.8 Å². The van der Waals surface area contributed by atoms with Crippen molar-refractivity contribution in [1.29, 1.82) is 0 Å². The van der Waals surface area contributed by atoms with Crippen LogP contribution in [-0.4, -0.2) is 5.25 Å². The van der Waals surface area contributed by atoms with Crippen LogP contribution in [0.15, 0.2) is 12.1 Å². The summed E-state index contributed by atoms with van der Waals surface area (Å²) in [4.78, 5) is 0. The highest BCUT2D eigenvalue weighted by Crippen LogP contribution is 2.35. The summed E-state index contributed by atoms with van der Waals surface area (Å²) in [7, 11) is 0. The Morgan fingerprint density at radius 2 is 1.40 bits per heavy atom. The number of aryl methyl sites for hydroxylation is 3. The molecular weight excluding hydrogens is 200 g/mol. The van der Waals surface area contributed by atoms with E-state index in [4.69, 9.17) is 0 Å². The highest BCUT2D eigenvalue weighted by atomic mass is 32.2. The fourth-order valence-electron chi connectivity index (χ4n) is 2.31. The minimum atomic E-state index is 0.602. The van der Waals surface area contributed by atoms with Gasteiger partial charge < -0.3 is 0 Å². The van der Waals surface area contributed by atoms with Crippen LogP contribution in [0.3, 0.4) is 0 Å². The molecule has 0 amide bonds. The Morgan fingerprint density at radius 1 is 0.933 bits per heavy atom. The molecule has 0 aliphatic rings. The minimum Gasteiger partial charge on any atom is -0.151 e. The lowest BCUT2D eigenvalue weighted by Gasteiger charge is -2.19. The van der Waals surface area contributed by atoms with Crippen LogP contribution in [0.5, 0.6) is 0 Å². The summed E-state index contributed by atoms with van der Waals surface area (Å²) in [6.07, 6.45) is 0. The minimum absolute atomic E-state index is 0.602. The van der Waals surface area contributed by atoms with E-state index in [1.165, 1.54) is 22.3 Å². The number of hydrogen-bond donors (Lipinski definition) is 0. The molecule has 1 heteroatoms. The molecule has 1 aromatic carbocycles. The van der Waals surface area contributed by atoms with Gasteiger partial charge in [0, 0.05) is 5.25 Å². The van der Waals surface area contributed by atoms with Crippen LogP contribution in [0.1, 0.15) is 48.3 Å². The molecule has 0 saturated carbocycles. The van der Waals surface area contributed by atoms with Gasteiger partial charge in [0.2, 0.25) is 0 Å². The summed E-state index contributed by atoms with van der Waals surface area (Å²) in [6, 6.07) is 4.58. The monoisotopic (exact) mass is 222 g/mol. The van der Waals surface area contributed by atoms with E-state index in [9.17, 15) is 0 Å². The summed E-state index contributed by atoms with van der Waals surface area (Å²) in [5.74, 6) is 0. The molecule has 0 bridgehead atoms. The van der Waals surface area contributed by atoms with Gasteiger partial charge in [0.1, 0.15) is 0 Å². The van der Waals surface area contributed by atoms with Gasteiger partial charge in [0.05, 0.1) is 0 Å². The lowest BCUT2D eigenvalue weighted by molar-refractivity contribution is 1.01. The van der Waals surface area contributed by atoms with Gasteiger partial charge in [-0.1, -0.05) is 31.5 Å². The molecule has 0 fully saturated rings. The Labute approximate surface area is 98.5 Å². The third-order valence-electron chi connectivity index (χ3n) is 2.62. The van der Waals surface area contributed by atoms with E-state index < -0.39 is 0 Å². The van der Waals surface area contributed by atoms with E-state index in [1.54, 1.807) is 0 Å². The molecule has 0 nitrogen and oxygen atoms in total. The van der Waals surface area contributed by atoms with Gasteiger partial charge in [-0.2, -0.15) is 11.8 Å². The van der Waals surface area contributed by atoms with E-state index in [0.717, 1.165) is 0 Å². The van der Waals surface area contributed by atoms with Crippen LogP contribution in [0.4, 0.5) is 0 Å². The van der Waals surface area contributed by atoms with E-state index in [2.05, 4.69) is 53.7 Å². The summed E-state index contributed by atoms with van der Waals surface area (Å²) in [6.45, 7) is 13.5. The Morgan fingerprint density at radius 3 is 1.80 bits per heavy atom. The van der Waals surface area contributed by atoms with Crippen molar-refractivity contribution in [1.82, 2.24) is 0 Å². The van der Waals surface area contributed by atoms with Crippen LogP contribution in [0.2, 0.25) is 0 Å². The van der Waals surface area contributed by atoms with Gasteiger partial charge in [0.25, 0.3) is 0 Å². The molecular formula is C14H22S. The molecule has 1 atom stereocenters. The van der Waals surface area contributed by atoms with Crippen LogP contribution in [0, 0.1) is 20.8 Å². The van der Waals surface area contributed by atoms with Crippen LogP contribution in [-0.2, 0) is 0 Å². The van der Waals surface area contributed by atoms with E-state index in [-0.39, 0.29) is 0 Å². The average molecular weight is 222 g/mol. The molecule has 15 heavy (non-hydrogen) atoms. The topological polar surface area (TPSA) is 0 Å². The van der Waals surface area contributed by atoms with Crippen LogP contribution in [0.25, 0.3) is 0 Å².